The molecule has 0 fully saturated rings. The van der Waals surface area contributed by atoms with Crippen molar-refractivity contribution in [3.05, 3.63) is 28.7 Å². The van der Waals surface area contributed by atoms with Crippen molar-refractivity contribution in [2.75, 3.05) is 6.54 Å². The standard InChI is InChI=1S/C13H18BrNO4S/c1-10(2)15(8-4-7-13(16)17)20(18,19)12-6-3-5-11(14)9-12/h3,5-6,9-10H,4,7-8H2,1-2H3,(H,16,17). The van der Waals surface area contributed by atoms with Gasteiger partial charge in [-0.1, -0.05) is 22.0 Å². The fraction of sp³-hybridized carbons (Fsp3) is 0.462. The van der Waals surface area contributed by atoms with Crippen LogP contribution >= 0.6 is 15.9 Å². The Morgan fingerprint density at radius 1 is 1.40 bits per heavy atom. The number of nitrogens with zero attached hydrogens (tertiary/aromatic N) is 1. The van der Waals surface area contributed by atoms with Crippen molar-refractivity contribution < 1.29 is 18.3 Å². The number of carboxylic acid groups (broad SMARTS) is 1. The first-order valence-corrected chi connectivity index (χ1v) is 8.47. The quantitative estimate of drug-likeness (QED) is 0.807. The number of carbonyl (C=O) groups is 1. The maximum absolute atomic E-state index is 12.6. The smallest absolute Gasteiger partial charge is 0.303 e. The number of hydrogen-bond acceptors (Lipinski definition) is 3. The lowest BCUT2D eigenvalue weighted by Gasteiger charge is -2.25. The van der Waals surface area contributed by atoms with Crippen LogP contribution in [0.4, 0.5) is 0 Å². The largest absolute Gasteiger partial charge is 0.481 e. The van der Waals surface area contributed by atoms with Gasteiger partial charge in [-0.15, -0.1) is 0 Å². The zero-order valence-corrected chi connectivity index (χ0v) is 13.8. The molecule has 0 aromatic heterocycles. The highest BCUT2D eigenvalue weighted by Gasteiger charge is 2.26. The predicted octanol–water partition coefficient (Wildman–Crippen LogP) is 2.71. The van der Waals surface area contributed by atoms with Gasteiger partial charge in [0.2, 0.25) is 10.0 Å². The second-order valence-electron chi connectivity index (χ2n) is 4.66. The second kappa shape index (κ2) is 7.19. The van der Waals surface area contributed by atoms with Gasteiger partial charge in [-0.3, -0.25) is 4.79 Å². The first kappa shape index (κ1) is 17.1. The molecule has 112 valence electrons. The molecule has 0 radical (unpaired) electrons. The van der Waals surface area contributed by atoms with Crippen molar-refractivity contribution >= 4 is 31.9 Å². The summed E-state index contributed by atoms with van der Waals surface area (Å²) in [7, 11) is -3.61. The number of halogens is 1. The van der Waals surface area contributed by atoms with Crippen LogP contribution in [0.1, 0.15) is 26.7 Å². The van der Waals surface area contributed by atoms with E-state index >= 15 is 0 Å². The minimum absolute atomic E-state index is 0.0444. The van der Waals surface area contributed by atoms with Gasteiger partial charge in [-0.2, -0.15) is 4.31 Å². The summed E-state index contributed by atoms with van der Waals surface area (Å²) in [6.45, 7) is 3.74. The van der Waals surface area contributed by atoms with Gasteiger partial charge in [0, 0.05) is 23.5 Å². The number of aliphatic carboxylic acids is 1. The topological polar surface area (TPSA) is 74.7 Å². The maximum Gasteiger partial charge on any atom is 0.303 e. The third kappa shape index (κ3) is 4.57. The summed E-state index contributed by atoms with van der Waals surface area (Å²) in [5.74, 6) is -0.923. The van der Waals surface area contributed by atoms with Gasteiger partial charge in [-0.05, 0) is 38.5 Å². The molecule has 0 heterocycles. The Morgan fingerprint density at radius 3 is 2.55 bits per heavy atom. The molecule has 0 atom stereocenters. The van der Waals surface area contributed by atoms with Gasteiger partial charge in [0.1, 0.15) is 0 Å². The van der Waals surface area contributed by atoms with E-state index in [-0.39, 0.29) is 23.9 Å². The lowest BCUT2D eigenvalue weighted by atomic mass is 10.3. The van der Waals surface area contributed by atoms with Gasteiger partial charge >= 0.3 is 5.97 Å². The molecule has 1 aromatic rings. The molecule has 7 heteroatoms. The number of benzene rings is 1. The highest BCUT2D eigenvalue weighted by molar-refractivity contribution is 9.10. The number of hydrogen-bond donors (Lipinski definition) is 1. The Kier molecular flexibility index (Phi) is 6.16. The molecule has 0 amide bonds. The van der Waals surface area contributed by atoms with E-state index in [2.05, 4.69) is 15.9 Å². The fourth-order valence-electron chi connectivity index (χ4n) is 1.80. The molecule has 0 saturated heterocycles. The summed E-state index contributed by atoms with van der Waals surface area (Å²) in [6, 6.07) is 6.26. The molecule has 1 rings (SSSR count). The molecule has 0 spiro atoms. The van der Waals surface area contributed by atoms with Crippen molar-refractivity contribution in [2.45, 2.75) is 37.6 Å². The van der Waals surface area contributed by atoms with E-state index in [0.29, 0.717) is 10.9 Å². The average molecular weight is 364 g/mol. The highest BCUT2D eigenvalue weighted by atomic mass is 79.9. The summed E-state index contributed by atoms with van der Waals surface area (Å²) < 4.78 is 27.1. The molecule has 0 unspecified atom stereocenters. The van der Waals surface area contributed by atoms with E-state index in [0.717, 1.165) is 0 Å². The highest BCUT2D eigenvalue weighted by Crippen LogP contribution is 2.22. The van der Waals surface area contributed by atoms with Gasteiger partial charge in [0.05, 0.1) is 4.90 Å². The van der Waals surface area contributed by atoms with Crippen LogP contribution in [-0.2, 0) is 14.8 Å². The SMILES string of the molecule is CC(C)N(CCCC(=O)O)S(=O)(=O)c1cccc(Br)c1. The number of sulfonamides is 1. The molecule has 0 aliphatic heterocycles. The van der Waals surface area contributed by atoms with Crippen LogP contribution in [0.3, 0.4) is 0 Å². The third-order valence-electron chi connectivity index (χ3n) is 2.75. The van der Waals surface area contributed by atoms with Crippen molar-refractivity contribution in [1.29, 1.82) is 0 Å². The zero-order valence-electron chi connectivity index (χ0n) is 11.4. The summed E-state index contributed by atoms with van der Waals surface area (Å²) in [5, 5.41) is 8.65. The van der Waals surface area contributed by atoms with E-state index in [1.165, 1.54) is 10.4 Å². The minimum Gasteiger partial charge on any atom is -0.481 e. The van der Waals surface area contributed by atoms with Crippen LogP contribution in [-0.4, -0.2) is 36.4 Å². The molecular formula is C13H18BrNO4S. The zero-order chi connectivity index (χ0) is 15.3. The van der Waals surface area contributed by atoms with Crippen LogP contribution in [0.25, 0.3) is 0 Å². The predicted molar refractivity (Wildman–Crippen MR) is 80.0 cm³/mol. The molecule has 0 bridgehead atoms. The fourth-order valence-corrected chi connectivity index (χ4v) is 4.08. The van der Waals surface area contributed by atoms with E-state index in [1.807, 2.05) is 0 Å². The first-order valence-electron chi connectivity index (χ1n) is 6.24. The monoisotopic (exact) mass is 363 g/mol. The third-order valence-corrected chi connectivity index (χ3v) is 5.31. The Labute approximate surface area is 127 Å². The van der Waals surface area contributed by atoms with Crippen LogP contribution < -0.4 is 0 Å². The Morgan fingerprint density at radius 2 is 2.05 bits per heavy atom. The van der Waals surface area contributed by atoms with Crippen molar-refractivity contribution in [1.82, 2.24) is 4.31 Å². The van der Waals surface area contributed by atoms with Crippen LogP contribution in [0.2, 0.25) is 0 Å². The second-order valence-corrected chi connectivity index (χ2v) is 7.47. The normalized spacial score (nSPS) is 12.1. The molecule has 5 nitrogen and oxygen atoms in total. The van der Waals surface area contributed by atoms with E-state index in [9.17, 15) is 13.2 Å². The van der Waals surface area contributed by atoms with Gasteiger partial charge in [-0.25, -0.2) is 8.42 Å². The van der Waals surface area contributed by atoms with Crippen molar-refractivity contribution in [3.63, 3.8) is 0 Å². The van der Waals surface area contributed by atoms with E-state index in [4.69, 9.17) is 5.11 Å². The van der Waals surface area contributed by atoms with Gasteiger partial charge < -0.3 is 5.11 Å². The lowest BCUT2D eigenvalue weighted by Crippen LogP contribution is -2.37. The summed E-state index contributed by atoms with van der Waals surface area (Å²) in [5.41, 5.74) is 0. The molecular weight excluding hydrogens is 346 g/mol. The summed E-state index contributed by atoms with van der Waals surface area (Å²) in [6.07, 6.45) is 0.248. The Balaban J connectivity index is 2.97. The van der Waals surface area contributed by atoms with Crippen LogP contribution in [0.15, 0.2) is 33.6 Å². The first-order chi connectivity index (χ1) is 9.25. The number of carboxylic acids is 1. The molecule has 1 aromatic carbocycles. The summed E-state index contributed by atoms with van der Waals surface area (Å²) >= 11 is 3.25. The minimum atomic E-state index is -3.61. The van der Waals surface area contributed by atoms with Crippen molar-refractivity contribution in [2.24, 2.45) is 0 Å². The molecule has 20 heavy (non-hydrogen) atoms. The Bertz CT molecular complexity index is 571. The molecule has 0 saturated carbocycles. The molecule has 1 N–H and O–H groups in total. The van der Waals surface area contributed by atoms with Crippen molar-refractivity contribution in [3.8, 4) is 0 Å². The van der Waals surface area contributed by atoms with E-state index in [1.54, 1.807) is 32.0 Å². The van der Waals surface area contributed by atoms with Gasteiger partial charge in [0.15, 0.2) is 0 Å². The maximum atomic E-state index is 12.6. The Hall–Kier alpha value is -0.920. The number of rotatable bonds is 7. The van der Waals surface area contributed by atoms with Crippen LogP contribution in [0, 0.1) is 0 Å². The molecule has 0 aliphatic carbocycles. The van der Waals surface area contributed by atoms with Gasteiger partial charge in [0.25, 0.3) is 0 Å². The molecule has 0 aliphatic rings. The average Bonchev–Trinajstić information content (AvgIpc) is 2.33. The summed E-state index contributed by atoms with van der Waals surface area (Å²) in [4.78, 5) is 10.7. The van der Waals surface area contributed by atoms with E-state index < -0.39 is 16.0 Å². The lowest BCUT2D eigenvalue weighted by molar-refractivity contribution is -0.137. The van der Waals surface area contributed by atoms with Crippen LogP contribution in [0.5, 0.6) is 0 Å².